The minimum atomic E-state index is -0.0757. The Balaban J connectivity index is 2.14. The van der Waals surface area contributed by atoms with E-state index < -0.39 is 0 Å². The number of rotatable bonds is 9. The number of piperidine rings is 1. The Hall–Kier alpha value is -1.63. The molecule has 0 atom stereocenters. The van der Waals surface area contributed by atoms with Gasteiger partial charge < -0.3 is 15.4 Å². The average Bonchev–Trinajstić information content (AvgIpc) is 2.51. The van der Waals surface area contributed by atoms with Crippen molar-refractivity contribution in [2.24, 2.45) is 10.9 Å². The van der Waals surface area contributed by atoms with Crippen molar-refractivity contribution in [1.29, 1.82) is 0 Å². The summed E-state index contributed by atoms with van der Waals surface area (Å²) in [7, 11) is 1.70. The molecule has 2 N–H and O–H groups in total. The second-order valence-corrected chi connectivity index (χ2v) is 6.04. The Labute approximate surface area is 138 Å². The average molecular weight is 326 g/mol. The lowest BCUT2D eigenvalue weighted by molar-refractivity contribution is -0.147. The molecule has 0 aromatic rings. The van der Waals surface area contributed by atoms with Crippen LogP contribution < -0.4 is 10.6 Å². The topological polar surface area (TPSA) is 83.0 Å². The van der Waals surface area contributed by atoms with Crippen LogP contribution in [0.3, 0.4) is 0 Å². The van der Waals surface area contributed by atoms with Gasteiger partial charge in [0, 0.05) is 52.7 Å². The minimum Gasteiger partial charge on any atom is -0.381 e. The molecule has 7 heteroatoms. The van der Waals surface area contributed by atoms with E-state index >= 15 is 0 Å². The second-order valence-electron chi connectivity index (χ2n) is 6.04. The molecule has 1 aliphatic rings. The lowest BCUT2D eigenvalue weighted by Gasteiger charge is -2.25. The summed E-state index contributed by atoms with van der Waals surface area (Å²) in [6.07, 6.45) is 2.50. The largest absolute Gasteiger partial charge is 0.381 e. The number of nitrogens with one attached hydrogen (secondary N) is 2. The third kappa shape index (κ3) is 7.97. The van der Waals surface area contributed by atoms with Crippen LogP contribution >= 0.6 is 0 Å². The SMILES string of the molecule is CN=C(NCCCOCC(C)C)NCCN1C(=O)CCCC1=O. The predicted octanol–water partition coefficient (Wildman–Crippen LogP) is 0.753. The molecule has 7 nitrogen and oxygen atoms in total. The monoisotopic (exact) mass is 326 g/mol. The van der Waals surface area contributed by atoms with E-state index in [0.717, 1.165) is 26.2 Å². The van der Waals surface area contributed by atoms with Crippen LogP contribution in [-0.4, -0.2) is 62.6 Å². The molecular formula is C16H30N4O3. The molecule has 0 aromatic carbocycles. The number of carbonyl (C=O) groups excluding carboxylic acids is 2. The maximum absolute atomic E-state index is 11.7. The van der Waals surface area contributed by atoms with E-state index in [9.17, 15) is 9.59 Å². The van der Waals surface area contributed by atoms with E-state index in [2.05, 4.69) is 29.5 Å². The Morgan fingerprint density at radius 3 is 2.48 bits per heavy atom. The van der Waals surface area contributed by atoms with Crippen molar-refractivity contribution in [2.75, 3.05) is 39.9 Å². The molecule has 23 heavy (non-hydrogen) atoms. The Kier molecular flexibility index (Phi) is 9.28. The van der Waals surface area contributed by atoms with Crippen LogP contribution in [0.2, 0.25) is 0 Å². The summed E-state index contributed by atoms with van der Waals surface area (Å²) in [4.78, 5) is 28.8. The lowest BCUT2D eigenvalue weighted by Crippen LogP contribution is -2.46. The maximum Gasteiger partial charge on any atom is 0.229 e. The number of carbonyl (C=O) groups is 2. The van der Waals surface area contributed by atoms with Crippen LogP contribution in [0.1, 0.15) is 39.5 Å². The van der Waals surface area contributed by atoms with E-state index in [4.69, 9.17) is 4.74 Å². The van der Waals surface area contributed by atoms with Gasteiger partial charge in [0.1, 0.15) is 0 Å². The van der Waals surface area contributed by atoms with Crippen molar-refractivity contribution in [2.45, 2.75) is 39.5 Å². The smallest absolute Gasteiger partial charge is 0.229 e. The van der Waals surface area contributed by atoms with Gasteiger partial charge in [0.2, 0.25) is 11.8 Å². The van der Waals surface area contributed by atoms with Gasteiger partial charge in [-0.05, 0) is 18.8 Å². The number of ether oxygens (including phenoxy) is 1. The van der Waals surface area contributed by atoms with Crippen LogP contribution in [0.5, 0.6) is 0 Å². The first-order valence-corrected chi connectivity index (χ1v) is 8.40. The van der Waals surface area contributed by atoms with Gasteiger partial charge >= 0.3 is 0 Å². The molecule has 1 fully saturated rings. The number of guanidine groups is 1. The number of hydrogen-bond donors (Lipinski definition) is 2. The maximum atomic E-state index is 11.7. The predicted molar refractivity (Wildman–Crippen MR) is 90.2 cm³/mol. The van der Waals surface area contributed by atoms with E-state index in [1.807, 2.05) is 0 Å². The molecule has 1 rings (SSSR count). The molecule has 0 radical (unpaired) electrons. The van der Waals surface area contributed by atoms with Crippen LogP contribution in [-0.2, 0) is 14.3 Å². The van der Waals surface area contributed by atoms with E-state index in [0.29, 0.717) is 44.2 Å². The summed E-state index contributed by atoms with van der Waals surface area (Å²) in [5.74, 6) is 1.07. The Morgan fingerprint density at radius 2 is 1.87 bits per heavy atom. The zero-order valence-electron chi connectivity index (χ0n) is 14.6. The van der Waals surface area contributed by atoms with Crippen LogP contribution in [0, 0.1) is 5.92 Å². The Morgan fingerprint density at radius 1 is 1.22 bits per heavy atom. The van der Waals surface area contributed by atoms with Crippen LogP contribution in [0.15, 0.2) is 4.99 Å². The summed E-state index contributed by atoms with van der Waals surface area (Å²) in [6.45, 7) is 7.41. The minimum absolute atomic E-state index is 0.0757. The fraction of sp³-hybridized carbons (Fsp3) is 0.812. The normalized spacial score (nSPS) is 16.2. The molecular weight excluding hydrogens is 296 g/mol. The summed E-state index contributed by atoms with van der Waals surface area (Å²) in [5.41, 5.74) is 0. The highest BCUT2D eigenvalue weighted by Gasteiger charge is 2.25. The summed E-state index contributed by atoms with van der Waals surface area (Å²) >= 11 is 0. The highest BCUT2D eigenvalue weighted by molar-refractivity contribution is 5.97. The molecule has 0 aliphatic carbocycles. The van der Waals surface area contributed by atoms with Crippen molar-refractivity contribution < 1.29 is 14.3 Å². The van der Waals surface area contributed by atoms with Gasteiger partial charge in [0.25, 0.3) is 0 Å². The molecule has 0 spiro atoms. The van der Waals surface area contributed by atoms with E-state index in [-0.39, 0.29) is 11.8 Å². The first-order chi connectivity index (χ1) is 11.0. The van der Waals surface area contributed by atoms with Crippen molar-refractivity contribution >= 4 is 17.8 Å². The van der Waals surface area contributed by atoms with Crippen LogP contribution in [0.25, 0.3) is 0 Å². The molecule has 132 valence electrons. The molecule has 0 unspecified atom stereocenters. The number of likely N-dealkylation sites (tertiary alicyclic amines) is 1. The molecule has 1 saturated heterocycles. The van der Waals surface area contributed by atoms with Crippen molar-refractivity contribution in [1.82, 2.24) is 15.5 Å². The number of amides is 2. The van der Waals surface area contributed by atoms with Gasteiger partial charge in [-0.15, -0.1) is 0 Å². The zero-order chi connectivity index (χ0) is 17.1. The van der Waals surface area contributed by atoms with E-state index in [1.54, 1.807) is 7.05 Å². The van der Waals surface area contributed by atoms with Gasteiger partial charge in [0.15, 0.2) is 5.96 Å². The molecule has 1 heterocycles. The number of imide groups is 1. The number of hydrogen-bond acceptors (Lipinski definition) is 4. The van der Waals surface area contributed by atoms with Gasteiger partial charge in [0.05, 0.1) is 0 Å². The summed E-state index contributed by atoms with van der Waals surface area (Å²) in [5, 5.41) is 6.31. The first-order valence-electron chi connectivity index (χ1n) is 8.40. The van der Waals surface area contributed by atoms with Crippen LogP contribution in [0.4, 0.5) is 0 Å². The third-order valence-electron chi connectivity index (χ3n) is 3.44. The molecule has 2 amide bonds. The standard InChI is InChI=1S/C16H30N4O3/c1-13(2)12-23-11-5-8-18-16(17-3)19-9-10-20-14(21)6-4-7-15(20)22/h13H,4-12H2,1-3H3,(H2,17,18,19). The van der Waals surface area contributed by atoms with E-state index in [1.165, 1.54) is 4.90 Å². The zero-order valence-corrected chi connectivity index (χ0v) is 14.6. The molecule has 1 aliphatic heterocycles. The molecule has 0 aromatic heterocycles. The molecule has 0 bridgehead atoms. The quantitative estimate of drug-likeness (QED) is 0.283. The van der Waals surface area contributed by atoms with Crippen molar-refractivity contribution in [3.63, 3.8) is 0 Å². The molecule has 0 saturated carbocycles. The van der Waals surface area contributed by atoms with Crippen molar-refractivity contribution in [3.8, 4) is 0 Å². The third-order valence-corrected chi connectivity index (χ3v) is 3.44. The van der Waals surface area contributed by atoms with Gasteiger partial charge in [-0.3, -0.25) is 19.5 Å². The van der Waals surface area contributed by atoms with Gasteiger partial charge in [-0.1, -0.05) is 13.8 Å². The summed E-state index contributed by atoms with van der Waals surface area (Å²) < 4.78 is 5.51. The van der Waals surface area contributed by atoms with Crippen molar-refractivity contribution in [3.05, 3.63) is 0 Å². The lowest BCUT2D eigenvalue weighted by atomic mass is 10.1. The highest BCUT2D eigenvalue weighted by atomic mass is 16.5. The first kappa shape index (κ1) is 19.4. The Bertz CT molecular complexity index is 394. The second kappa shape index (κ2) is 11.0. The fourth-order valence-corrected chi connectivity index (χ4v) is 2.26. The highest BCUT2D eigenvalue weighted by Crippen LogP contribution is 2.11. The summed E-state index contributed by atoms with van der Waals surface area (Å²) in [6, 6.07) is 0. The fourth-order valence-electron chi connectivity index (χ4n) is 2.26. The number of nitrogens with zero attached hydrogens (tertiary/aromatic N) is 2. The van der Waals surface area contributed by atoms with Gasteiger partial charge in [-0.2, -0.15) is 0 Å². The van der Waals surface area contributed by atoms with Gasteiger partial charge in [-0.25, -0.2) is 0 Å². The number of aliphatic imine (C=N–C) groups is 1.